The fraction of sp³-hybridized carbons (Fsp3) is 0.900. The van der Waals surface area contributed by atoms with Gasteiger partial charge in [0.25, 0.3) is 0 Å². The van der Waals surface area contributed by atoms with E-state index in [1.54, 1.807) is 6.92 Å². The zero-order chi connectivity index (χ0) is 17.9. The van der Waals surface area contributed by atoms with Crippen LogP contribution in [-0.2, 0) is 0 Å². The number of aliphatic hydroxyl groups excluding tert-OH is 1. The Morgan fingerprint density at radius 3 is 2.29 bits per heavy atom. The molecule has 3 N–H and O–H groups in total. The van der Waals surface area contributed by atoms with Gasteiger partial charge in [-0.3, -0.25) is 0 Å². The summed E-state index contributed by atoms with van der Waals surface area (Å²) in [6, 6.07) is 0. The lowest BCUT2D eigenvalue weighted by Crippen LogP contribution is -2.47. The van der Waals surface area contributed by atoms with Crippen LogP contribution in [0.2, 0.25) is 0 Å². The Labute approximate surface area is 154 Å². The molecule has 0 aromatic heterocycles. The molecule has 0 aromatic rings. The Morgan fingerprint density at radius 2 is 1.67 bits per heavy atom. The molecule has 138 valence electrons. The van der Waals surface area contributed by atoms with Gasteiger partial charge in [0, 0.05) is 4.83 Å². The lowest BCUT2D eigenvalue weighted by molar-refractivity contribution is -0.0785. The molecule has 0 saturated heterocycles. The SMILES string of the molecule is C=C1C[C@@](C)([C@@H]2CC[C@](C)(O)[C@H](Br)C2)[C@@H]2C[C@H](O)[C@@](C)(O)CC[C@H]12. The maximum absolute atomic E-state index is 10.6. The third-order valence-corrected chi connectivity index (χ3v) is 9.08. The van der Waals surface area contributed by atoms with Crippen LogP contribution in [-0.4, -0.2) is 37.5 Å². The third kappa shape index (κ3) is 3.02. The van der Waals surface area contributed by atoms with E-state index in [1.165, 1.54) is 5.57 Å². The molecule has 0 amide bonds. The van der Waals surface area contributed by atoms with E-state index in [0.29, 0.717) is 30.6 Å². The zero-order valence-electron chi connectivity index (χ0n) is 15.3. The molecule has 3 nitrogen and oxygen atoms in total. The first-order valence-electron chi connectivity index (χ1n) is 9.42. The first-order chi connectivity index (χ1) is 11.0. The van der Waals surface area contributed by atoms with E-state index in [1.807, 2.05) is 6.92 Å². The number of rotatable bonds is 1. The smallest absolute Gasteiger partial charge is 0.0877 e. The van der Waals surface area contributed by atoms with Crippen molar-refractivity contribution >= 4 is 15.9 Å². The largest absolute Gasteiger partial charge is 0.390 e. The highest BCUT2D eigenvalue weighted by Crippen LogP contribution is 2.61. The number of alkyl halides is 1. The summed E-state index contributed by atoms with van der Waals surface area (Å²) in [5, 5.41) is 31.6. The normalized spacial score (nSPS) is 56.0. The van der Waals surface area contributed by atoms with Gasteiger partial charge in [0.1, 0.15) is 0 Å². The molecular formula is C20H33BrO3. The van der Waals surface area contributed by atoms with Gasteiger partial charge in [0.15, 0.2) is 0 Å². The zero-order valence-corrected chi connectivity index (χ0v) is 16.8. The number of aliphatic hydroxyl groups is 3. The monoisotopic (exact) mass is 400 g/mol. The van der Waals surface area contributed by atoms with Gasteiger partial charge in [-0.15, -0.1) is 0 Å². The predicted octanol–water partition coefficient (Wildman–Crippen LogP) is 3.80. The summed E-state index contributed by atoms with van der Waals surface area (Å²) in [5.74, 6) is 1.31. The van der Waals surface area contributed by atoms with Crippen molar-refractivity contribution in [2.75, 3.05) is 0 Å². The molecule has 0 aromatic carbocycles. The van der Waals surface area contributed by atoms with E-state index in [-0.39, 0.29) is 10.2 Å². The summed E-state index contributed by atoms with van der Waals surface area (Å²) >= 11 is 3.71. The van der Waals surface area contributed by atoms with Gasteiger partial charge in [0.2, 0.25) is 0 Å². The van der Waals surface area contributed by atoms with Gasteiger partial charge in [0.05, 0.1) is 17.3 Å². The number of hydrogen-bond acceptors (Lipinski definition) is 3. The van der Waals surface area contributed by atoms with Gasteiger partial charge in [-0.25, -0.2) is 0 Å². The number of allylic oxidation sites excluding steroid dienone is 1. The Balaban J connectivity index is 1.86. The molecule has 3 saturated carbocycles. The Bertz CT molecular complexity index is 515. The Morgan fingerprint density at radius 1 is 1.04 bits per heavy atom. The molecule has 0 heterocycles. The maximum Gasteiger partial charge on any atom is 0.0877 e. The van der Waals surface area contributed by atoms with Crippen LogP contribution in [0.3, 0.4) is 0 Å². The van der Waals surface area contributed by atoms with Crippen LogP contribution in [0.5, 0.6) is 0 Å². The van der Waals surface area contributed by atoms with Crippen LogP contribution in [0, 0.1) is 23.2 Å². The van der Waals surface area contributed by atoms with E-state index < -0.39 is 17.3 Å². The lowest BCUT2D eigenvalue weighted by Gasteiger charge is -2.47. The second-order valence-corrected chi connectivity index (χ2v) is 10.6. The molecule has 0 aliphatic heterocycles. The quantitative estimate of drug-likeness (QED) is 0.463. The molecular weight excluding hydrogens is 368 g/mol. The average molecular weight is 401 g/mol. The molecule has 3 rings (SSSR count). The number of halogens is 1. The van der Waals surface area contributed by atoms with Crippen LogP contribution in [0.1, 0.15) is 65.7 Å². The van der Waals surface area contributed by atoms with Crippen molar-refractivity contribution in [2.24, 2.45) is 23.2 Å². The molecule has 0 unspecified atom stereocenters. The van der Waals surface area contributed by atoms with E-state index >= 15 is 0 Å². The summed E-state index contributed by atoms with van der Waals surface area (Å²) in [4.78, 5) is 0.117. The second-order valence-electron chi connectivity index (χ2n) is 9.50. The van der Waals surface area contributed by atoms with E-state index in [2.05, 4.69) is 29.4 Å². The molecule has 0 radical (unpaired) electrons. The second kappa shape index (κ2) is 6.07. The molecule has 0 bridgehead atoms. The highest BCUT2D eigenvalue weighted by Gasteiger charge is 2.56. The average Bonchev–Trinajstić information content (AvgIpc) is 2.63. The first kappa shape index (κ1) is 18.9. The van der Waals surface area contributed by atoms with Gasteiger partial charge in [-0.05, 0) is 82.0 Å². The molecule has 8 atom stereocenters. The van der Waals surface area contributed by atoms with E-state index in [9.17, 15) is 15.3 Å². The summed E-state index contributed by atoms with van der Waals surface area (Å²) in [7, 11) is 0. The van der Waals surface area contributed by atoms with Crippen molar-refractivity contribution in [3.05, 3.63) is 12.2 Å². The standard InChI is InChI=1S/C20H33BrO3/c1-12-11-18(2,13-5-7-19(3,23)16(21)9-13)15-10-17(22)20(4,24)8-6-14(12)15/h13-17,22-24H,1,5-11H2,2-4H3/t13-,14-,15-,16-,17+,18+,19+,20+/m1/s1. The molecule has 3 aliphatic rings. The van der Waals surface area contributed by atoms with Gasteiger partial charge in [-0.1, -0.05) is 35.0 Å². The fourth-order valence-corrected chi connectivity index (χ4v) is 6.41. The van der Waals surface area contributed by atoms with Crippen molar-refractivity contribution in [2.45, 2.75) is 87.9 Å². The van der Waals surface area contributed by atoms with Crippen molar-refractivity contribution in [3.63, 3.8) is 0 Å². The van der Waals surface area contributed by atoms with Crippen LogP contribution < -0.4 is 0 Å². The van der Waals surface area contributed by atoms with Gasteiger partial charge in [-0.2, -0.15) is 0 Å². The molecule has 24 heavy (non-hydrogen) atoms. The van der Waals surface area contributed by atoms with E-state index in [4.69, 9.17) is 0 Å². The Kier molecular flexibility index (Phi) is 4.78. The van der Waals surface area contributed by atoms with Crippen molar-refractivity contribution in [1.82, 2.24) is 0 Å². The minimum Gasteiger partial charge on any atom is -0.390 e. The van der Waals surface area contributed by atoms with Crippen molar-refractivity contribution in [3.8, 4) is 0 Å². The van der Waals surface area contributed by atoms with Crippen LogP contribution >= 0.6 is 15.9 Å². The predicted molar refractivity (Wildman–Crippen MR) is 100 cm³/mol. The molecule has 3 aliphatic carbocycles. The van der Waals surface area contributed by atoms with E-state index in [0.717, 1.165) is 32.1 Å². The van der Waals surface area contributed by atoms with Crippen molar-refractivity contribution < 1.29 is 15.3 Å². The third-order valence-electron chi connectivity index (χ3n) is 7.72. The molecule has 0 spiro atoms. The minimum absolute atomic E-state index is 0.103. The molecule has 4 heteroatoms. The van der Waals surface area contributed by atoms with Gasteiger partial charge < -0.3 is 15.3 Å². The van der Waals surface area contributed by atoms with Crippen LogP contribution in [0.25, 0.3) is 0 Å². The highest BCUT2D eigenvalue weighted by molar-refractivity contribution is 9.09. The minimum atomic E-state index is -0.986. The van der Waals surface area contributed by atoms with Gasteiger partial charge >= 0.3 is 0 Å². The number of hydrogen-bond donors (Lipinski definition) is 3. The van der Waals surface area contributed by atoms with Crippen LogP contribution in [0.15, 0.2) is 12.2 Å². The summed E-state index contributed by atoms with van der Waals surface area (Å²) in [6.45, 7) is 10.4. The summed E-state index contributed by atoms with van der Waals surface area (Å²) in [5.41, 5.74) is -0.212. The lowest BCUT2D eigenvalue weighted by atomic mass is 9.60. The van der Waals surface area contributed by atoms with Crippen molar-refractivity contribution in [1.29, 1.82) is 0 Å². The number of fused-ring (bicyclic) bond motifs is 1. The summed E-state index contributed by atoms with van der Waals surface area (Å²) < 4.78 is 0. The maximum atomic E-state index is 10.6. The van der Waals surface area contributed by atoms with Crippen LogP contribution in [0.4, 0.5) is 0 Å². The topological polar surface area (TPSA) is 60.7 Å². The molecule has 3 fully saturated rings. The Hall–Kier alpha value is 0.100. The summed E-state index contributed by atoms with van der Waals surface area (Å²) in [6.07, 6.45) is 5.38. The first-order valence-corrected chi connectivity index (χ1v) is 10.3. The highest BCUT2D eigenvalue weighted by atomic mass is 79.9. The fourth-order valence-electron chi connectivity index (χ4n) is 5.73.